The van der Waals surface area contributed by atoms with Crippen LogP contribution in [0.25, 0.3) is 0 Å². The van der Waals surface area contributed by atoms with Gasteiger partial charge in [0, 0.05) is 45.1 Å². The molecule has 1 aliphatic rings. The first-order chi connectivity index (χ1) is 11.8. The molecule has 0 radical (unpaired) electrons. The Balaban J connectivity index is 0.000000450. The van der Waals surface area contributed by atoms with Gasteiger partial charge in [-0.1, -0.05) is 13.0 Å². The zero-order valence-electron chi connectivity index (χ0n) is 14.0. The normalized spacial score (nSPS) is 15.9. The van der Waals surface area contributed by atoms with Crippen LogP contribution in [-0.2, 0) is 26.2 Å². The van der Waals surface area contributed by atoms with Crippen LogP contribution < -0.4 is 0 Å². The fraction of sp³-hybridized carbons (Fsp3) is 0.533. The molecule has 2 N–H and O–H groups in total. The number of sulfonamides is 1. The predicted molar refractivity (Wildman–Crippen MR) is 90.4 cm³/mol. The average molecular weight is 373 g/mol. The van der Waals surface area contributed by atoms with E-state index < -0.39 is 22.0 Å². The zero-order chi connectivity index (χ0) is 18.9. The second kappa shape index (κ2) is 10.1. The van der Waals surface area contributed by atoms with Gasteiger partial charge in [0.05, 0.1) is 5.75 Å². The van der Waals surface area contributed by atoms with Crippen molar-refractivity contribution in [3.63, 3.8) is 0 Å². The Bertz CT molecular complexity index is 645. The lowest BCUT2D eigenvalue weighted by molar-refractivity contribution is -0.159. The molecule has 2 heterocycles. The van der Waals surface area contributed by atoms with E-state index in [2.05, 4.69) is 9.88 Å². The fourth-order valence-corrected chi connectivity index (χ4v) is 3.80. The summed E-state index contributed by atoms with van der Waals surface area (Å²) >= 11 is 0. The predicted octanol–water partition coefficient (Wildman–Crippen LogP) is 0.0946. The highest BCUT2D eigenvalue weighted by molar-refractivity contribution is 7.89. The van der Waals surface area contributed by atoms with Crippen LogP contribution in [0.2, 0.25) is 0 Å². The minimum absolute atomic E-state index is 0.260. The first kappa shape index (κ1) is 21.0. The number of carboxylic acid groups (broad SMARTS) is 2. The number of carbonyl (C=O) groups is 2. The van der Waals surface area contributed by atoms with Crippen molar-refractivity contribution in [2.45, 2.75) is 19.9 Å². The fourth-order valence-electron chi connectivity index (χ4n) is 2.30. The smallest absolute Gasteiger partial charge is 0.414 e. The van der Waals surface area contributed by atoms with E-state index in [1.165, 1.54) is 5.56 Å². The Morgan fingerprint density at radius 3 is 2.20 bits per heavy atom. The second-order valence-electron chi connectivity index (χ2n) is 5.46. The maximum absolute atomic E-state index is 11.9. The average Bonchev–Trinajstić information content (AvgIpc) is 2.57. The molecule has 0 unspecified atom stereocenters. The molecule has 1 saturated heterocycles. The van der Waals surface area contributed by atoms with Gasteiger partial charge in [-0.25, -0.2) is 18.0 Å². The Morgan fingerprint density at radius 2 is 1.76 bits per heavy atom. The third-order valence-corrected chi connectivity index (χ3v) is 5.57. The summed E-state index contributed by atoms with van der Waals surface area (Å²) < 4.78 is 25.5. The van der Waals surface area contributed by atoms with E-state index in [4.69, 9.17) is 19.8 Å². The van der Waals surface area contributed by atoms with Crippen molar-refractivity contribution in [3.8, 4) is 0 Å². The number of carboxylic acids is 2. The van der Waals surface area contributed by atoms with Gasteiger partial charge in [-0.15, -0.1) is 0 Å². The number of piperazine rings is 1. The molecule has 1 aromatic heterocycles. The van der Waals surface area contributed by atoms with E-state index in [0.29, 0.717) is 19.5 Å². The first-order valence-electron chi connectivity index (χ1n) is 7.81. The Labute approximate surface area is 146 Å². The summed E-state index contributed by atoms with van der Waals surface area (Å²) in [6.45, 7) is 5.52. The van der Waals surface area contributed by atoms with Crippen molar-refractivity contribution in [1.82, 2.24) is 14.2 Å². The van der Waals surface area contributed by atoms with Gasteiger partial charge >= 0.3 is 11.9 Å². The van der Waals surface area contributed by atoms with Crippen LogP contribution in [-0.4, -0.2) is 76.7 Å². The lowest BCUT2D eigenvalue weighted by Gasteiger charge is -2.33. The maximum Gasteiger partial charge on any atom is 0.414 e. The molecule has 0 atom stereocenters. The molecule has 140 valence electrons. The molecule has 10 heteroatoms. The van der Waals surface area contributed by atoms with E-state index in [9.17, 15) is 8.42 Å². The molecule has 0 bridgehead atoms. The number of aromatic nitrogens is 1. The third-order valence-electron chi connectivity index (χ3n) is 3.50. The van der Waals surface area contributed by atoms with Gasteiger partial charge in [0.1, 0.15) is 0 Å². The number of hydrogen-bond donors (Lipinski definition) is 2. The van der Waals surface area contributed by atoms with Gasteiger partial charge in [-0.3, -0.25) is 9.88 Å². The molecule has 1 fully saturated rings. The summed E-state index contributed by atoms with van der Waals surface area (Å²) in [5, 5.41) is 14.8. The lowest BCUT2D eigenvalue weighted by Crippen LogP contribution is -2.48. The molecule has 0 spiro atoms. The highest BCUT2D eigenvalue weighted by Gasteiger charge is 2.25. The number of aliphatic carboxylic acids is 2. The molecular weight excluding hydrogens is 350 g/mol. The highest BCUT2D eigenvalue weighted by atomic mass is 32.2. The van der Waals surface area contributed by atoms with Crippen LogP contribution in [0, 0.1) is 0 Å². The van der Waals surface area contributed by atoms with Gasteiger partial charge in [-0.2, -0.15) is 4.31 Å². The number of hydrogen-bond acceptors (Lipinski definition) is 6. The van der Waals surface area contributed by atoms with Crippen molar-refractivity contribution in [2.75, 3.05) is 31.9 Å². The molecule has 9 nitrogen and oxygen atoms in total. The minimum atomic E-state index is -3.04. The zero-order valence-corrected chi connectivity index (χ0v) is 14.9. The van der Waals surface area contributed by atoms with Crippen LogP contribution in [0.5, 0.6) is 0 Å². The van der Waals surface area contributed by atoms with E-state index in [0.717, 1.165) is 19.6 Å². The van der Waals surface area contributed by atoms with E-state index >= 15 is 0 Å². The van der Waals surface area contributed by atoms with Crippen molar-refractivity contribution in [1.29, 1.82) is 0 Å². The SMILES string of the molecule is CCCS(=O)(=O)N1CCN(Cc2cccnc2)CC1.O=C(O)C(=O)O. The molecule has 0 aromatic carbocycles. The van der Waals surface area contributed by atoms with Crippen LogP contribution in [0.3, 0.4) is 0 Å². The molecule has 0 saturated carbocycles. The van der Waals surface area contributed by atoms with Crippen LogP contribution in [0.15, 0.2) is 24.5 Å². The Hall–Kier alpha value is -2.04. The standard InChI is InChI=1S/C13H21N3O2S.C2H2O4/c1-2-10-19(17,18)16-8-6-15(7-9-16)12-13-4-3-5-14-11-13;3-1(4)2(5)6/h3-5,11H,2,6-10,12H2,1H3;(H,3,4)(H,5,6). The lowest BCUT2D eigenvalue weighted by atomic mass is 10.2. The maximum atomic E-state index is 11.9. The van der Waals surface area contributed by atoms with Gasteiger partial charge in [0.15, 0.2) is 0 Å². The summed E-state index contributed by atoms with van der Waals surface area (Å²) in [6.07, 6.45) is 4.30. The Morgan fingerprint density at radius 1 is 1.16 bits per heavy atom. The summed E-state index contributed by atoms with van der Waals surface area (Å²) in [6, 6.07) is 3.98. The van der Waals surface area contributed by atoms with Gasteiger partial charge in [0.2, 0.25) is 10.0 Å². The van der Waals surface area contributed by atoms with Gasteiger partial charge in [-0.05, 0) is 18.1 Å². The minimum Gasteiger partial charge on any atom is -0.473 e. The van der Waals surface area contributed by atoms with Gasteiger partial charge in [0.25, 0.3) is 0 Å². The summed E-state index contributed by atoms with van der Waals surface area (Å²) in [5.41, 5.74) is 1.17. The van der Waals surface area contributed by atoms with Crippen molar-refractivity contribution >= 4 is 22.0 Å². The van der Waals surface area contributed by atoms with Crippen LogP contribution in [0.1, 0.15) is 18.9 Å². The van der Waals surface area contributed by atoms with E-state index in [1.807, 2.05) is 25.3 Å². The monoisotopic (exact) mass is 373 g/mol. The number of pyridine rings is 1. The van der Waals surface area contributed by atoms with Crippen LogP contribution in [0.4, 0.5) is 0 Å². The van der Waals surface area contributed by atoms with Crippen molar-refractivity contribution in [3.05, 3.63) is 30.1 Å². The molecule has 25 heavy (non-hydrogen) atoms. The number of nitrogens with zero attached hydrogens (tertiary/aromatic N) is 3. The third kappa shape index (κ3) is 7.59. The molecular formula is C15H23N3O6S. The highest BCUT2D eigenvalue weighted by Crippen LogP contribution is 2.11. The molecule has 0 amide bonds. The molecule has 2 rings (SSSR count). The first-order valence-corrected chi connectivity index (χ1v) is 9.42. The Kier molecular flexibility index (Phi) is 8.46. The second-order valence-corrected chi connectivity index (χ2v) is 7.55. The topological polar surface area (TPSA) is 128 Å². The largest absolute Gasteiger partial charge is 0.473 e. The summed E-state index contributed by atoms with van der Waals surface area (Å²) in [7, 11) is -3.04. The summed E-state index contributed by atoms with van der Waals surface area (Å²) in [5.74, 6) is -3.39. The molecule has 1 aliphatic heterocycles. The van der Waals surface area contributed by atoms with Gasteiger partial charge < -0.3 is 10.2 Å². The van der Waals surface area contributed by atoms with Crippen LogP contribution >= 0.6 is 0 Å². The quantitative estimate of drug-likeness (QED) is 0.695. The van der Waals surface area contributed by atoms with E-state index in [-0.39, 0.29) is 5.75 Å². The van der Waals surface area contributed by atoms with Crippen molar-refractivity contribution in [2.24, 2.45) is 0 Å². The molecule has 0 aliphatic carbocycles. The molecule has 1 aromatic rings. The number of rotatable bonds is 5. The van der Waals surface area contributed by atoms with Crippen molar-refractivity contribution < 1.29 is 28.2 Å². The van der Waals surface area contributed by atoms with E-state index in [1.54, 1.807) is 10.5 Å². The summed E-state index contributed by atoms with van der Waals surface area (Å²) in [4.78, 5) is 24.6.